The third-order valence-electron chi connectivity index (χ3n) is 2.31. The minimum absolute atomic E-state index is 0.833. The van der Waals surface area contributed by atoms with Crippen LogP contribution in [-0.4, -0.2) is 38.6 Å². The zero-order chi connectivity index (χ0) is 11.1. The van der Waals surface area contributed by atoms with Crippen LogP contribution in [0.3, 0.4) is 0 Å². The summed E-state index contributed by atoms with van der Waals surface area (Å²) in [6.07, 6.45) is 1.06. The summed E-state index contributed by atoms with van der Waals surface area (Å²) in [5.74, 6) is 0. The van der Waals surface area contributed by atoms with Gasteiger partial charge in [-0.3, -0.25) is 0 Å². The average molecular weight is 207 g/mol. The van der Waals surface area contributed by atoms with Crippen LogP contribution >= 0.6 is 0 Å². The molecule has 0 bridgehead atoms. The topological polar surface area (TPSA) is 41.3 Å². The van der Waals surface area contributed by atoms with Gasteiger partial charge in [0.15, 0.2) is 0 Å². The Morgan fingerprint density at radius 1 is 1.13 bits per heavy atom. The molecule has 0 fully saturated rings. The van der Waals surface area contributed by atoms with Crippen molar-refractivity contribution < 1.29 is 0 Å². The molecule has 0 saturated heterocycles. The van der Waals surface area contributed by atoms with Crippen LogP contribution in [0, 0.1) is 0 Å². The van der Waals surface area contributed by atoms with Crippen molar-refractivity contribution in [2.75, 3.05) is 39.5 Å². The Hall–Kier alpha value is -1.06. The number of likely N-dealkylation sites (N-methyl/N-ethyl adjacent to an activating group) is 1. The molecule has 1 aromatic rings. The van der Waals surface area contributed by atoms with Crippen LogP contribution in [0.5, 0.6) is 0 Å². The SMILES string of the molecule is CN(C)CCNCCc1ccc(N)cc1. The Labute approximate surface area is 92.3 Å². The minimum Gasteiger partial charge on any atom is -0.399 e. The molecule has 1 rings (SSSR count). The highest BCUT2D eigenvalue weighted by Crippen LogP contribution is 2.05. The highest BCUT2D eigenvalue weighted by atomic mass is 15.1. The van der Waals surface area contributed by atoms with E-state index < -0.39 is 0 Å². The molecule has 0 atom stereocenters. The van der Waals surface area contributed by atoms with Gasteiger partial charge >= 0.3 is 0 Å². The second kappa shape index (κ2) is 6.43. The Balaban J connectivity index is 2.12. The van der Waals surface area contributed by atoms with E-state index in [2.05, 4.69) is 36.4 Å². The number of rotatable bonds is 6. The molecule has 0 aliphatic heterocycles. The van der Waals surface area contributed by atoms with Crippen molar-refractivity contribution in [3.05, 3.63) is 29.8 Å². The van der Waals surface area contributed by atoms with Crippen LogP contribution in [0.15, 0.2) is 24.3 Å². The fourth-order valence-corrected chi connectivity index (χ4v) is 1.34. The van der Waals surface area contributed by atoms with Crippen molar-refractivity contribution in [1.29, 1.82) is 0 Å². The summed E-state index contributed by atoms with van der Waals surface area (Å²) >= 11 is 0. The van der Waals surface area contributed by atoms with Gasteiger partial charge in [-0.05, 0) is 44.8 Å². The largest absolute Gasteiger partial charge is 0.399 e. The van der Waals surface area contributed by atoms with E-state index in [0.717, 1.165) is 31.7 Å². The first-order valence-corrected chi connectivity index (χ1v) is 5.38. The maximum atomic E-state index is 5.62. The van der Waals surface area contributed by atoms with E-state index >= 15 is 0 Å². The van der Waals surface area contributed by atoms with Gasteiger partial charge in [-0.15, -0.1) is 0 Å². The molecule has 84 valence electrons. The Bertz CT molecular complexity index is 267. The summed E-state index contributed by atoms with van der Waals surface area (Å²) < 4.78 is 0. The molecular weight excluding hydrogens is 186 g/mol. The van der Waals surface area contributed by atoms with Gasteiger partial charge < -0.3 is 16.0 Å². The minimum atomic E-state index is 0.833. The van der Waals surface area contributed by atoms with Crippen LogP contribution in [0.25, 0.3) is 0 Å². The van der Waals surface area contributed by atoms with Gasteiger partial charge in [0.1, 0.15) is 0 Å². The number of anilines is 1. The number of nitrogens with two attached hydrogens (primary N) is 1. The summed E-state index contributed by atoms with van der Waals surface area (Å²) in [7, 11) is 4.17. The van der Waals surface area contributed by atoms with Gasteiger partial charge in [0.25, 0.3) is 0 Å². The van der Waals surface area contributed by atoms with E-state index in [1.165, 1.54) is 5.56 Å². The third kappa shape index (κ3) is 5.40. The molecule has 0 heterocycles. The van der Waals surface area contributed by atoms with Crippen molar-refractivity contribution in [1.82, 2.24) is 10.2 Å². The van der Waals surface area contributed by atoms with E-state index in [9.17, 15) is 0 Å². The van der Waals surface area contributed by atoms with E-state index in [4.69, 9.17) is 5.73 Å². The lowest BCUT2D eigenvalue weighted by Gasteiger charge is -2.10. The molecule has 3 nitrogen and oxygen atoms in total. The first-order chi connectivity index (χ1) is 7.18. The fraction of sp³-hybridized carbons (Fsp3) is 0.500. The first kappa shape index (κ1) is 12.0. The monoisotopic (exact) mass is 207 g/mol. The second-order valence-corrected chi connectivity index (χ2v) is 4.04. The van der Waals surface area contributed by atoms with E-state index in [1.807, 2.05) is 12.1 Å². The third-order valence-corrected chi connectivity index (χ3v) is 2.31. The van der Waals surface area contributed by atoms with E-state index in [1.54, 1.807) is 0 Å². The summed E-state index contributed by atoms with van der Waals surface area (Å²) in [5, 5.41) is 3.41. The first-order valence-electron chi connectivity index (χ1n) is 5.38. The molecule has 0 saturated carbocycles. The molecule has 1 aromatic carbocycles. The zero-order valence-electron chi connectivity index (χ0n) is 9.66. The van der Waals surface area contributed by atoms with Crippen molar-refractivity contribution in [3.63, 3.8) is 0 Å². The number of benzene rings is 1. The van der Waals surface area contributed by atoms with Gasteiger partial charge in [0, 0.05) is 18.8 Å². The standard InChI is InChI=1S/C12H21N3/c1-15(2)10-9-14-8-7-11-3-5-12(13)6-4-11/h3-6,14H,7-10,13H2,1-2H3. The number of hydrogen-bond donors (Lipinski definition) is 2. The molecule has 0 aliphatic carbocycles. The fourth-order valence-electron chi connectivity index (χ4n) is 1.34. The number of nitrogens with zero attached hydrogens (tertiary/aromatic N) is 1. The molecule has 0 aromatic heterocycles. The lowest BCUT2D eigenvalue weighted by molar-refractivity contribution is 0.401. The van der Waals surface area contributed by atoms with E-state index in [0.29, 0.717) is 0 Å². The number of nitrogen functional groups attached to an aromatic ring is 1. The smallest absolute Gasteiger partial charge is 0.0314 e. The summed E-state index contributed by atoms with van der Waals surface area (Å²) in [6.45, 7) is 3.15. The highest BCUT2D eigenvalue weighted by Gasteiger charge is 1.93. The van der Waals surface area contributed by atoms with Crippen LogP contribution in [0.4, 0.5) is 5.69 Å². The maximum absolute atomic E-state index is 5.62. The normalized spacial score (nSPS) is 10.9. The molecule has 0 amide bonds. The van der Waals surface area contributed by atoms with Crippen molar-refractivity contribution in [3.8, 4) is 0 Å². The molecule has 3 heteroatoms. The molecule has 15 heavy (non-hydrogen) atoms. The summed E-state index contributed by atoms with van der Waals surface area (Å²) in [4.78, 5) is 2.18. The summed E-state index contributed by atoms with van der Waals surface area (Å²) in [5.41, 5.74) is 7.78. The zero-order valence-corrected chi connectivity index (χ0v) is 9.66. The summed E-state index contributed by atoms with van der Waals surface area (Å²) in [6, 6.07) is 8.08. The van der Waals surface area contributed by atoms with Crippen LogP contribution in [0.1, 0.15) is 5.56 Å². The van der Waals surface area contributed by atoms with Crippen molar-refractivity contribution >= 4 is 5.69 Å². The molecule has 0 spiro atoms. The Kier molecular flexibility index (Phi) is 5.15. The predicted molar refractivity (Wildman–Crippen MR) is 66.0 cm³/mol. The van der Waals surface area contributed by atoms with Gasteiger partial charge in [-0.25, -0.2) is 0 Å². The lowest BCUT2D eigenvalue weighted by atomic mass is 10.1. The van der Waals surface area contributed by atoms with Crippen molar-refractivity contribution in [2.45, 2.75) is 6.42 Å². The Morgan fingerprint density at radius 2 is 1.80 bits per heavy atom. The lowest BCUT2D eigenvalue weighted by Crippen LogP contribution is -2.27. The predicted octanol–water partition coefficient (Wildman–Crippen LogP) is 0.962. The van der Waals surface area contributed by atoms with Crippen LogP contribution < -0.4 is 11.1 Å². The van der Waals surface area contributed by atoms with Crippen molar-refractivity contribution in [2.24, 2.45) is 0 Å². The van der Waals surface area contributed by atoms with Gasteiger partial charge in [-0.1, -0.05) is 12.1 Å². The average Bonchev–Trinajstić information content (AvgIpc) is 2.20. The number of nitrogens with one attached hydrogen (secondary N) is 1. The van der Waals surface area contributed by atoms with Crippen LogP contribution in [-0.2, 0) is 6.42 Å². The molecule has 0 radical (unpaired) electrons. The van der Waals surface area contributed by atoms with E-state index in [-0.39, 0.29) is 0 Å². The Morgan fingerprint density at radius 3 is 2.40 bits per heavy atom. The maximum Gasteiger partial charge on any atom is 0.0314 e. The number of hydrogen-bond acceptors (Lipinski definition) is 3. The van der Waals surface area contributed by atoms with Gasteiger partial charge in [0.2, 0.25) is 0 Å². The second-order valence-electron chi connectivity index (χ2n) is 4.04. The van der Waals surface area contributed by atoms with Crippen LogP contribution in [0.2, 0.25) is 0 Å². The van der Waals surface area contributed by atoms with Gasteiger partial charge in [0.05, 0.1) is 0 Å². The highest BCUT2D eigenvalue weighted by molar-refractivity contribution is 5.39. The molecule has 0 aliphatic rings. The van der Waals surface area contributed by atoms with Gasteiger partial charge in [-0.2, -0.15) is 0 Å². The quantitative estimate of drug-likeness (QED) is 0.539. The molecule has 3 N–H and O–H groups in total. The molecule has 0 unspecified atom stereocenters. The molecular formula is C12H21N3.